The van der Waals surface area contributed by atoms with Crippen molar-refractivity contribution >= 4 is 17.3 Å². The van der Waals surface area contributed by atoms with Gasteiger partial charge in [0, 0.05) is 51.3 Å². The Labute approximate surface area is 113 Å². The Bertz CT molecular complexity index is 487. The van der Waals surface area contributed by atoms with Gasteiger partial charge >= 0.3 is 0 Å². The zero-order chi connectivity index (χ0) is 13.8. The molecule has 0 unspecified atom stereocenters. The summed E-state index contributed by atoms with van der Waals surface area (Å²) in [5.41, 5.74) is 2.49. The number of anilines is 1. The molecule has 2 rings (SSSR count). The number of rotatable bonds is 2. The normalized spacial score (nSPS) is 15.3. The first kappa shape index (κ1) is 13.4. The van der Waals surface area contributed by atoms with Crippen LogP contribution in [0, 0.1) is 0 Å². The lowest BCUT2D eigenvalue weighted by atomic mass is 10.1. The molecule has 0 aliphatic carbocycles. The van der Waals surface area contributed by atoms with Gasteiger partial charge in [-0.2, -0.15) is 0 Å². The largest absolute Gasteiger partial charge is 0.411 e. The zero-order valence-corrected chi connectivity index (χ0v) is 11.3. The van der Waals surface area contributed by atoms with Crippen LogP contribution < -0.4 is 4.90 Å². The summed E-state index contributed by atoms with van der Waals surface area (Å²) in [5.74, 6) is 0.0423. The van der Waals surface area contributed by atoms with Crippen molar-refractivity contribution in [2.75, 3.05) is 32.1 Å². The molecule has 1 fully saturated rings. The number of amides is 1. The summed E-state index contributed by atoms with van der Waals surface area (Å²) in [7, 11) is 3.91. The predicted molar refractivity (Wildman–Crippen MR) is 75.1 cm³/mol. The molecule has 1 heterocycles. The minimum Gasteiger partial charge on any atom is -0.411 e. The van der Waals surface area contributed by atoms with Gasteiger partial charge in [0.15, 0.2) is 0 Å². The van der Waals surface area contributed by atoms with Crippen molar-refractivity contribution in [3.8, 4) is 0 Å². The third-order valence-electron chi connectivity index (χ3n) is 3.38. The summed E-state index contributed by atoms with van der Waals surface area (Å²) in [6.07, 6.45) is 1.30. The molecular weight excluding hydrogens is 242 g/mol. The molecule has 1 aliphatic rings. The van der Waals surface area contributed by atoms with Crippen LogP contribution in [0.2, 0.25) is 0 Å². The fourth-order valence-electron chi connectivity index (χ4n) is 2.17. The smallest absolute Gasteiger partial charge is 0.253 e. The Morgan fingerprint density at radius 2 is 2.00 bits per heavy atom. The van der Waals surface area contributed by atoms with E-state index in [2.05, 4.69) is 5.16 Å². The Kier molecular flexibility index (Phi) is 4.04. The topological polar surface area (TPSA) is 56.1 Å². The summed E-state index contributed by atoms with van der Waals surface area (Å²) < 4.78 is 0. The van der Waals surface area contributed by atoms with Crippen LogP contribution in [0.4, 0.5) is 5.69 Å². The number of hydrogen-bond acceptors (Lipinski definition) is 4. The van der Waals surface area contributed by atoms with Gasteiger partial charge in [0.2, 0.25) is 0 Å². The third-order valence-corrected chi connectivity index (χ3v) is 3.38. The highest BCUT2D eigenvalue weighted by molar-refractivity contribution is 5.96. The molecular formula is C14H19N3O2. The van der Waals surface area contributed by atoms with E-state index in [1.807, 2.05) is 48.2 Å². The predicted octanol–water partition coefficient (Wildman–Crippen LogP) is 1.82. The van der Waals surface area contributed by atoms with E-state index in [1.54, 1.807) is 0 Å². The fraction of sp³-hybridized carbons (Fsp3) is 0.429. The molecule has 5 heteroatoms. The molecule has 0 radical (unpaired) electrons. The van der Waals surface area contributed by atoms with E-state index in [1.165, 1.54) is 0 Å². The van der Waals surface area contributed by atoms with E-state index in [-0.39, 0.29) is 5.91 Å². The molecule has 102 valence electrons. The van der Waals surface area contributed by atoms with E-state index in [4.69, 9.17) is 5.21 Å². The Hall–Kier alpha value is -2.04. The Balaban J connectivity index is 2.10. The molecule has 1 aromatic rings. The fourth-order valence-corrected chi connectivity index (χ4v) is 2.17. The van der Waals surface area contributed by atoms with Gasteiger partial charge in [-0.25, -0.2) is 0 Å². The highest BCUT2D eigenvalue weighted by atomic mass is 16.4. The van der Waals surface area contributed by atoms with Crippen LogP contribution in [0.5, 0.6) is 0 Å². The molecule has 0 atom stereocenters. The lowest BCUT2D eigenvalue weighted by molar-refractivity contribution is 0.0754. The standard InChI is InChI=1S/C14H19N3O2/c1-16(2)13-5-3-4-11(10-13)14(18)17-8-6-12(15-19)7-9-17/h3-5,10,19H,6-9H2,1-2H3. The molecule has 1 aromatic carbocycles. The number of likely N-dealkylation sites (tertiary alicyclic amines) is 1. The Morgan fingerprint density at radius 1 is 1.32 bits per heavy atom. The summed E-state index contributed by atoms with van der Waals surface area (Å²) in [6.45, 7) is 1.23. The number of hydrogen-bond donors (Lipinski definition) is 1. The summed E-state index contributed by atoms with van der Waals surface area (Å²) in [6, 6.07) is 7.61. The van der Waals surface area contributed by atoms with Gasteiger partial charge in [-0.3, -0.25) is 4.79 Å². The highest BCUT2D eigenvalue weighted by Gasteiger charge is 2.21. The van der Waals surface area contributed by atoms with E-state index >= 15 is 0 Å². The number of carbonyl (C=O) groups is 1. The van der Waals surface area contributed by atoms with Crippen LogP contribution in [-0.2, 0) is 0 Å². The van der Waals surface area contributed by atoms with E-state index in [0.29, 0.717) is 31.5 Å². The van der Waals surface area contributed by atoms with Crippen molar-refractivity contribution in [2.24, 2.45) is 5.16 Å². The molecule has 0 aromatic heterocycles. The minimum atomic E-state index is 0.0423. The molecule has 1 saturated heterocycles. The van der Waals surface area contributed by atoms with Gasteiger partial charge in [0.05, 0.1) is 5.71 Å². The molecule has 1 amide bonds. The van der Waals surface area contributed by atoms with Crippen molar-refractivity contribution in [1.29, 1.82) is 0 Å². The Morgan fingerprint density at radius 3 is 2.58 bits per heavy atom. The first-order valence-electron chi connectivity index (χ1n) is 6.38. The SMILES string of the molecule is CN(C)c1cccc(C(=O)N2CCC(=NO)CC2)c1. The lowest BCUT2D eigenvalue weighted by Crippen LogP contribution is -2.38. The van der Waals surface area contributed by atoms with Gasteiger partial charge < -0.3 is 15.0 Å². The van der Waals surface area contributed by atoms with E-state index in [9.17, 15) is 4.79 Å². The number of carbonyl (C=O) groups excluding carboxylic acids is 1. The second-order valence-corrected chi connectivity index (χ2v) is 4.90. The average Bonchev–Trinajstić information content (AvgIpc) is 2.46. The van der Waals surface area contributed by atoms with Gasteiger partial charge in [0.25, 0.3) is 5.91 Å². The quantitative estimate of drug-likeness (QED) is 0.652. The number of benzene rings is 1. The second-order valence-electron chi connectivity index (χ2n) is 4.90. The number of oxime groups is 1. The third kappa shape index (κ3) is 3.05. The van der Waals surface area contributed by atoms with Crippen LogP contribution in [-0.4, -0.2) is 48.9 Å². The maximum Gasteiger partial charge on any atom is 0.253 e. The summed E-state index contributed by atoms with van der Waals surface area (Å²) in [4.78, 5) is 16.2. The molecule has 1 aliphatic heterocycles. The van der Waals surface area contributed by atoms with Gasteiger partial charge in [-0.1, -0.05) is 11.2 Å². The van der Waals surface area contributed by atoms with Crippen LogP contribution in [0.3, 0.4) is 0 Å². The van der Waals surface area contributed by atoms with Gasteiger partial charge in [-0.05, 0) is 18.2 Å². The van der Waals surface area contributed by atoms with E-state index in [0.717, 1.165) is 11.4 Å². The van der Waals surface area contributed by atoms with Crippen molar-refractivity contribution in [1.82, 2.24) is 4.90 Å². The molecule has 19 heavy (non-hydrogen) atoms. The summed E-state index contributed by atoms with van der Waals surface area (Å²) >= 11 is 0. The number of piperidine rings is 1. The van der Waals surface area contributed by atoms with Crippen LogP contribution >= 0.6 is 0 Å². The maximum absolute atomic E-state index is 12.4. The van der Waals surface area contributed by atoms with Crippen molar-refractivity contribution < 1.29 is 10.0 Å². The first-order chi connectivity index (χ1) is 9.11. The van der Waals surface area contributed by atoms with Gasteiger partial charge in [-0.15, -0.1) is 0 Å². The lowest BCUT2D eigenvalue weighted by Gasteiger charge is -2.27. The second kappa shape index (κ2) is 5.73. The van der Waals surface area contributed by atoms with Crippen molar-refractivity contribution in [3.05, 3.63) is 29.8 Å². The molecule has 5 nitrogen and oxygen atoms in total. The molecule has 1 N–H and O–H groups in total. The van der Waals surface area contributed by atoms with Crippen LogP contribution in [0.15, 0.2) is 29.4 Å². The van der Waals surface area contributed by atoms with Gasteiger partial charge in [0.1, 0.15) is 0 Å². The molecule has 0 saturated carbocycles. The molecule has 0 spiro atoms. The average molecular weight is 261 g/mol. The monoisotopic (exact) mass is 261 g/mol. The minimum absolute atomic E-state index is 0.0423. The summed E-state index contributed by atoms with van der Waals surface area (Å²) in [5, 5.41) is 11.9. The van der Waals surface area contributed by atoms with Crippen molar-refractivity contribution in [2.45, 2.75) is 12.8 Å². The first-order valence-corrected chi connectivity index (χ1v) is 6.38. The highest BCUT2D eigenvalue weighted by Crippen LogP contribution is 2.17. The van der Waals surface area contributed by atoms with Crippen LogP contribution in [0.25, 0.3) is 0 Å². The number of nitrogens with zero attached hydrogens (tertiary/aromatic N) is 3. The van der Waals surface area contributed by atoms with Crippen LogP contribution in [0.1, 0.15) is 23.2 Å². The van der Waals surface area contributed by atoms with E-state index < -0.39 is 0 Å². The van der Waals surface area contributed by atoms with Crippen molar-refractivity contribution in [3.63, 3.8) is 0 Å². The molecule has 0 bridgehead atoms. The zero-order valence-electron chi connectivity index (χ0n) is 11.3. The maximum atomic E-state index is 12.4.